The highest BCUT2D eigenvalue weighted by molar-refractivity contribution is 5.88. The number of carbonyl (C=O) groups excluding carboxylic acids is 1. The molecule has 5 heteroatoms. The summed E-state index contributed by atoms with van der Waals surface area (Å²) in [5.74, 6) is -1.12. The molecule has 0 aromatic heterocycles. The number of amides is 1. The molecule has 0 bridgehead atoms. The van der Waals surface area contributed by atoms with Crippen molar-refractivity contribution in [2.75, 3.05) is 19.6 Å². The molecule has 0 aromatic carbocycles. The maximum absolute atomic E-state index is 11.6. The molecule has 0 saturated carbocycles. The second kappa shape index (κ2) is 3.33. The first-order chi connectivity index (χ1) is 5.93. The SMILES string of the molecule is CC1(C)NCCN(CC(=O)O)C1=O. The zero-order chi connectivity index (χ0) is 10.1. The molecular weight excluding hydrogens is 172 g/mol. The van der Waals surface area contributed by atoms with E-state index in [-0.39, 0.29) is 12.5 Å². The van der Waals surface area contributed by atoms with Gasteiger partial charge in [-0.05, 0) is 13.8 Å². The molecular formula is C8H14N2O3. The van der Waals surface area contributed by atoms with E-state index in [1.165, 1.54) is 4.90 Å². The van der Waals surface area contributed by atoms with Crippen molar-refractivity contribution in [1.82, 2.24) is 10.2 Å². The summed E-state index contributed by atoms with van der Waals surface area (Å²) in [7, 11) is 0. The third-order valence-corrected chi connectivity index (χ3v) is 2.10. The Kier molecular flexibility index (Phi) is 2.56. The monoisotopic (exact) mass is 186 g/mol. The van der Waals surface area contributed by atoms with Gasteiger partial charge in [0.15, 0.2) is 0 Å². The molecule has 1 aliphatic rings. The van der Waals surface area contributed by atoms with Gasteiger partial charge in [0, 0.05) is 13.1 Å². The Hall–Kier alpha value is -1.10. The minimum Gasteiger partial charge on any atom is -0.480 e. The van der Waals surface area contributed by atoms with Crippen LogP contribution in [0.1, 0.15) is 13.8 Å². The Morgan fingerprint density at radius 1 is 1.69 bits per heavy atom. The van der Waals surface area contributed by atoms with E-state index >= 15 is 0 Å². The van der Waals surface area contributed by atoms with Crippen molar-refractivity contribution in [1.29, 1.82) is 0 Å². The van der Waals surface area contributed by atoms with Gasteiger partial charge in [-0.3, -0.25) is 9.59 Å². The molecule has 1 heterocycles. The Bertz CT molecular complexity index is 238. The molecule has 0 spiro atoms. The molecule has 0 unspecified atom stereocenters. The first kappa shape index (κ1) is 9.98. The zero-order valence-electron chi connectivity index (χ0n) is 7.83. The highest BCUT2D eigenvalue weighted by Gasteiger charge is 2.35. The number of carboxylic acids is 1. The number of piperazine rings is 1. The third-order valence-electron chi connectivity index (χ3n) is 2.10. The van der Waals surface area contributed by atoms with Crippen LogP contribution in [0.2, 0.25) is 0 Å². The predicted octanol–water partition coefficient (Wildman–Crippen LogP) is -0.719. The lowest BCUT2D eigenvalue weighted by Crippen LogP contribution is -2.61. The minimum atomic E-state index is -0.967. The summed E-state index contributed by atoms with van der Waals surface area (Å²) in [6, 6.07) is 0. The van der Waals surface area contributed by atoms with Crippen LogP contribution >= 0.6 is 0 Å². The molecule has 1 rings (SSSR count). The van der Waals surface area contributed by atoms with Crippen LogP contribution in [0.25, 0.3) is 0 Å². The molecule has 74 valence electrons. The van der Waals surface area contributed by atoms with Crippen molar-refractivity contribution >= 4 is 11.9 Å². The first-order valence-electron chi connectivity index (χ1n) is 4.20. The molecule has 1 fully saturated rings. The van der Waals surface area contributed by atoms with E-state index in [4.69, 9.17) is 5.11 Å². The summed E-state index contributed by atoms with van der Waals surface area (Å²) in [6.07, 6.45) is 0. The predicted molar refractivity (Wildman–Crippen MR) is 46.3 cm³/mol. The third kappa shape index (κ3) is 2.18. The van der Waals surface area contributed by atoms with Gasteiger partial charge < -0.3 is 15.3 Å². The van der Waals surface area contributed by atoms with Gasteiger partial charge in [-0.25, -0.2) is 0 Å². The zero-order valence-corrected chi connectivity index (χ0v) is 7.83. The van der Waals surface area contributed by atoms with Gasteiger partial charge in [0.2, 0.25) is 5.91 Å². The van der Waals surface area contributed by atoms with Gasteiger partial charge in [0.05, 0.1) is 5.54 Å². The van der Waals surface area contributed by atoms with Crippen molar-refractivity contribution in [3.63, 3.8) is 0 Å². The molecule has 2 N–H and O–H groups in total. The molecule has 5 nitrogen and oxygen atoms in total. The van der Waals surface area contributed by atoms with Crippen LogP contribution in [0.5, 0.6) is 0 Å². The van der Waals surface area contributed by atoms with Crippen molar-refractivity contribution in [3.8, 4) is 0 Å². The maximum Gasteiger partial charge on any atom is 0.323 e. The smallest absolute Gasteiger partial charge is 0.323 e. The quantitative estimate of drug-likeness (QED) is 0.597. The summed E-state index contributed by atoms with van der Waals surface area (Å²) >= 11 is 0. The molecule has 0 atom stereocenters. The normalized spacial score (nSPS) is 21.7. The highest BCUT2D eigenvalue weighted by Crippen LogP contribution is 2.11. The lowest BCUT2D eigenvalue weighted by Gasteiger charge is -2.37. The molecule has 1 aliphatic heterocycles. The molecule has 1 amide bonds. The van der Waals surface area contributed by atoms with Gasteiger partial charge in [-0.1, -0.05) is 0 Å². The number of rotatable bonds is 2. The standard InChI is InChI=1S/C8H14N2O3/c1-8(2)7(13)10(4-3-9-8)5-6(11)12/h9H,3-5H2,1-2H3,(H,11,12). The summed E-state index contributed by atoms with van der Waals surface area (Å²) in [6.45, 7) is 4.41. The largest absolute Gasteiger partial charge is 0.480 e. The Labute approximate surface area is 76.7 Å². The second-order valence-corrected chi connectivity index (χ2v) is 3.67. The van der Waals surface area contributed by atoms with Crippen molar-refractivity contribution in [3.05, 3.63) is 0 Å². The summed E-state index contributed by atoms with van der Waals surface area (Å²) in [4.78, 5) is 23.4. The second-order valence-electron chi connectivity index (χ2n) is 3.67. The Morgan fingerprint density at radius 2 is 2.31 bits per heavy atom. The maximum atomic E-state index is 11.6. The van der Waals surface area contributed by atoms with E-state index in [0.717, 1.165) is 0 Å². The van der Waals surface area contributed by atoms with E-state index in [1.807, 2.05) is 0 Å². The minimum absolute atomic E-state index is 0.152. The van der Waals surface area contributed by atoms with Crippen LogP contribution in [0.15, 0.2) is 0 Å². The van der Waals surface area contributed by atoms with E-state index < -0.39 is 11.5 Å². The van der Waals surface area contributed by atoms with Crippen LogP contribution in [0.4, 0.5) is 0 Å². The molecule has 13 heavy (non-hydrogen) atoms. The summed E-state index contributed by atoms with van der Waals surface area (Å²) in [5.41, 5.74) is -0.631. The lowest BCUT2D eigenvalue weighted by atomic mass is 10.0. The van der Waals surface area contributed by atoms with Crippen LogP contribution in [0, 0.1) is 0 Å². The topological polar surface area (TPSA) is 69.6 Å². The van der Waals surface area contributed by atoms with Crippen LogP contribution < -0.4 is 5.32 Å². The van der Waals surface area contributed by atoms with Gasteiger partial charge in [0.1, 0.15) is 6.54 Å². The summed E-state index contributed by atoms with van der Waals surface area (Å²) < 4.78 is 0. The van der Waals surface area contributed by atoms with E-state index in [9.17, 15) is 9.59 Å². The van der Waals surface area contributed by atoms with E-state index in [2.05, 4.69) is 5.32 Å². The fourth-order valence-corrected chi connectivity index (χ4v) is 1.39. The molecule has 1 saturated heterocycles. The number of carbonyl (C=O) groups is 2. The fraction of sp³-hybridized carbons (Fsp3) is 0.750. The number of hydrogen-bond donors (Lipinski definition) is 2. The molecule has 0 radical (unpaired) electrons. The Balaban J connectivity index is 2.66. The van der Waals surface area contributed by atoms with Gasteiger partial charge in [-0.2, -0.15) is 0 Å². The molecule has 0 aliphatic carbocycles. The van der Waals surface area contributed by atoms with Gasteiger partial charge in [0.25, 0.3) is 0 Å². The average molecular weight is 186 g/mol. The fourth-order valence-electron chi connectivity index (χ4n) is 1.39. The number of carboxylic acid groups (broad SMARTS) is 1. The van der Waals surface area contributed by atoms with Gasteiger partial charge >= 0.3 is 5.97 Å². The van der Waals surface area contributed by atoms with Crippen LogP contribution in [-0.4, -0.2) is 47.1 Å². The van der Waals surface area contributed by atoms with E-state index in [1.54, 1.807) is 13.8 Å². The van der Waals surface area contributed by atoms with Crippen LogP contribution in [0.3, 0.4) is 0 Å². The number of aliphatic carboxylic acids is 1. The van der Waals surface area contributed by atoms with Crippen molar-refractivity contribution in [2.24, 2.45) is 0 Å². The Morgan fingerprint density at radius 3 is 2.85 bits per heavy atom. The number of nitrogens with one attached hydrogen (secondary N) is 1. The van der Waals surface area contributed by atoms with Gasteiger partial charge in [-0.15, -0.1) is 0 Å². The van der Waals surface area contributed by atoms with Crippen molar-refractivity contribution in [2.45, 2.75) is 19.4 Å². The van der Waals surface area contributed by atoms with Crippen molar-refractivity contribution < 1.29 is 14.7 Å². The first-order valence-corrected chi connectivity index (χ1v) is 4.20. The van der Waals surface area contributed by atoms with Crippen LogP contribution in [-0.2, 0) is 9.59 Å². The number of nitrogens with zero attached hydrogens (tertiary/aromatic N) is 1. The summed E-state index contributed by atoms with van der Waals surface area (Å²) in [5, 5.41) is 11.6. The highest BCUT2D eigenvalue weighted by atomic mass is 16.4. The molecule has 0 aromatic rings. The lowest BCUT2D eigenvalue weighted by molar-refractivity contribution is -0.148. The average Bonchev–Trinajstić information content (AvgIpc) is 1.98. The number of hydrogen-bond acceptors (Lipinski definition) is 3. The van der Waals surface area contributed by atoms with E-state index in [0.29, 0.717) is 13.1 Å².